The Labute approximate surface area is 94.8 Å². The molecule has 15 heavy (non-hydrogen) atoms. The average molecular weight is 223 g/mol. The minimum atomic E-state index is 0.589. The number of hydrogen-bond acceptors (Lipinski definition) is 4. The molecule has 0 aromatic carbocycles. The number of aromatic nitrogens is 1. The average Bonchev–Trinajstić information content (AvgIpc) is 2.65. The molecule has 0 spiro atoms. The van der Waals surface area contributed by atoms with Crippen LogP contribution in [0.1, 0.15) is 19.3 Å². The first kappa shape index (κ1) is 10.6. The second-order valence-corrected chi connectivity index (χ2v) is 5.16. The van der Waals surface area contributed by atoms with E-state index in [9.17, 15) is 0 Å². The molecule has 3 N–H and O–H groups in total. The first-order valence-corrected chi connectivity index (χ1v) is 6.56. The van der Waals surface area contributed by atoms with Crippen molar-refractivity contribution in [2.24, 2.45) is 0 Å². The van der Waals surface area contributed by atoms with E-state index >= 15 is 0 Å². The van der Waals surface area contributed by atoms with Crippen LogP contribution in [-0.2, 0) is 0 Å². The van der Waals surface area contributed by atoms with Crippen LogP contribution in [-0.4, -0.2) is 22.5 Å². The van der Waals surface area contributed by atoms with E-state index in [1.165, 1.54) is 19.3 Å². The van der Waals surface area contributed by atoms with E-state index in [4.69, 9.17) is 5.73 Å². The second-order valence-electron chi connectivity index (χ2n) is 4.02. The van der Waals surface area contributed by atoms with Gasteiger partial charge in [0.05, 0.1) is 17.6 Å². The minimum absolute atomic E-state index is 0.589. The normalized spacial score (nSPS) is 25.4. The molecule has 0 amide bonds. The van der Waals surface area contributed by atoms with E-state index in [-0.39, 0.29) is 0 Å². The van der Waals surface area contributed by atoms with Crippen molar-refractivity contribution >= 4 is 23.1 Å². The van der Waals surface area contributed by atoms with Crippen molar-refractivity contribution in [1.82, 2.24) is 4.98 Å². The molecule has 1 aliphatic rings. The Morgan fingerprint density at radius 1 is 1.47 bits per heavy atom. The first-order valence-electron chi connectivity index (χ1n) is 5.28. The van der Waals surface area contributed by atoms with Crippen LogP contribution in [0.3, 0.4) is 0 Å². The van der Waals surface area contributed by atoms with E-state index in [1.807, 2.05) is 24.0 Å². The van der Waals surface area contributed by atoms with Gasteiger partial charge in [0.2, 0.25) is 0 Å². The number of nitrogens with zero attached hydrogens (tertiary/aromatic N) is 1. The van der Waals surface area contributed by atoms with Crippen LogP contribution in [0, 0.1) is 0 Å². The fourth-order valence-electron chi connectivity index (χ4n) is 2.06. The highest BCUT2D eigenvalue weighted by Crippen LogP contribution is 2.30. The quantitative estimate of drug-likeness (QED) is 0.826. The van der Waals surface area contributed by atoms with Crippen LogP contribution in [0.15, 0.2) is 18.5 Å². The van der Waals surface area contributed by atoms with Gasteiger partial charge in [0.25, 0.3) is 0 Å². The smallest absolute Gasteiger partial charge is 0.0549 e. The molecule has 4 heteroatoms. The van der Waals surface area contributed by atoms with Crippen LogP contribution in [0.5, 0.6) is 0 Å². The topological polar surface area (TPSA) is 50.9 Å². The van der Waals surface area contributed by atoms with Crippen LogP contribution < -0.4 is 11.1 Å². The maximum absolute atomic E-state index is 5.68. The molecule has 1 aromatic heterocycles. The number of hydrogen-bond donors (Lipinski definition) is 2. The van der Waals surface area contributed by atoms with Crippen molar-refractivity contribution in [1.29, 1.82) is 0 Å². The van der Waals surface area contributed by atoms with Gasteiger partial charge in [-0.1, -0.05) is 0 Å². The third kappa shape index (κ3) is 2.78. The van der Waals surface area contributed by atoms with Crippen molar-refractivity contribution in [2.75, 3.05) is 17.3 Å². The highest BCUT2D eigenvalue weighted by molar-refractivity contribution is 7.99. The number of thioether (sulfide) groups is 1. The van der Waals surface area contributed by atoms with E-state index < -0.39 is 0 Å². The van der Waals surface area contributed by atoms with E-state index in [0.717, 1.165) is 16.6 Å². The highest BCUT2D eigenvalue weighted by atomic mass is 32.2. The summed E-state index contributed by atoms with van der Waals surface area (Å²) in [7, 11) is 0. The lowest BCUT2D eigenvalue weighted by atomic mass is 10.2. The lowest BCUT2D eigenvalue weighted by Gasteiger charge is -2.14. The fourth-order valence-corrected chi connectivity index (χ4v) is 2.85. The molecule has 2 rings (SSSR count). The number of nitrogen functional groups attached to an aromatic ring is 1. The largest absolute Gasteiger partial charge is 0.397 e. The number of pyridine rings is 1. The molecule has 2 atom stereocenters. The van der Waals surface area contributed by atoms with Gasteiger partial charge in [-0.2, -0.15) is 11.8 Å². The van der Waals surface area contributed by atoms with Crippen LogP contribution in [0.2, 0.25) is 0 Å². The lowest BCUT2D eigenvalue weighted by Crippen LogP contribution is -2.16. The van der Waals surface area contributed by atoms with E-state index in [1.54, 1.807) is 6.20 Å². The summed E-state index contributed by atoms with van der Waals surface area (Å²) in [5.74, 6) is 0. The lowest BCUT2D eigenvalue weighted by molar-refractivity contribution is 0.756. The van der Waals surface area contributed by atoms with Crippen LogP contribution in [0.25, 0.3) is 0 Å². The summed E-state index contributed by atoms with van der Waals surface area (Å²) < 4.78 is 0. The Morgan fingerprint density at radius 3 is 3.00 bits per heavy atom. The van der Waals surface area contributed by atoms with Gasteiger partial charge >= 0.3 is 0 Å². The SMILES string of the molecule is CSC1CCC(Nc2cncc(N)c2)C1. The van der Waals surface area contributed by atoms with Crippen molar-refractivity contribution in [2.45, 2.75) is 30.6 Å². The Bertz CT molecular complexity index is 329. The zero-order valence-electron chi connectivity index (χ0n) is 8.94. The summed E-state index contributed by atoms with van der Waals surface area (Å²) in [6.45, 7) is 0. The molecule has 82 valence electrons. The molecule has 0 bridgehead atoms. The van der Waals surface area contributed by atoms with Crippen molar-refractivity contribution in [3.63, 3.8) is 0 Å². The predicted molar refractivity (Wildman–Crippen MR) is 67.2 cm³/mol. The molecule has 0 saturated heterocycles. The molecular weight excluding hydrogens is 206 g/mol. The predicted octanol–water partition coefficient (Wildman–Crippen LogP) is 2.36. The molecule has 1 fully saturated rings. The summed E-state index contributed by atoms with van der Waals surface area (Å²) in [5, 5.41) is 4.31. The molecule has 1 saturated carbocycles. The number of rotatable bonds is 3. The monoisotopic (exact) mass is 223 g/mol. The Balaban J connectivity index is 1.92. The first-order chi connectivity index (χ1) is 7.28. The minimum Gasteiger partial charge on any atom is -0.397 e. The molecule has 3 nitrogen and oxygen atoms in total. The molecule has 1 aromatic rings. The molecular formula is C11H17N3S. The fraction of sp³-hybridized carbons (Fsp3) is 0.545. The Morgan fingerprint density at radius 2 is 2.33 bits per heavy atom. The van der Waals surface area contributed by atoms with Gasteiger partial charge < -0.3 is 11.1 Å². The van der Waals surface area contributed by atoms with E-state index in [2.05, 4.69) is 16.6 Å². The van der Waals surface area contributed by atoms with Gasteiger partial charge in [0, 0.05) is 17.5 Å². The van der Waals surface area contributed by atoms with Gasteiger partial charge in [-0.3, -0.25) is 4.98 Å². The Hall–Kier alpha value is -0.900. The van der Waals surface area contributed by atoms with Crippen molar-refractivity contribution in [3.05, 3.63) is 18.5 Å². The Kier molecular flexibility index (Phi) is 3.36. The number of nitrogens with one attached hydrogen (secondary N) is 1. The zero-order chi connectivity index (χ0) is 10.7. The van der Waals surface area contributed by atoms with Gasteiger partial charge in [-0.25, -0.2) is 0 Å². The summed E-state index contributed by atoms with van der Waals surface area (Å²) >= 11 is 1.97. The third-order valence-electron chi connectivity index (χ3n) is 2.85. The molecule has 2 unspecified atom stereocenters. The maximum Gasteiger partial charge on any atom is 0.0549 e. The summed E-state index contributed by atoms with van der Waals surface area (Å²) in [6, 6.07) is 2.53. The summed E-state index contributed by atoms with van der Waals surface area (Å²) in [4.78, 5) is 4.07. The van der Waals surface area contributed by atoms with Gasteiger partial charge in [0.15, 0.2) is 0 Å². The summed E-state index contributed by atoms with van der Waals surface area (Å²) in [6.07, 6.45) is 9.51. The molecule has 1 heterocycles. The molecule has 1 aliphatic carbocycles. The summed E-state index contributed by atoms with van der Waals surface area (Å²) in [5.41, 5.74) is 7.44. The maximum atomic E-state index is 5.68. The number of nitrogens with two attached hydrogens (primary N) is 1. The van der Waals surface area contributed by atoms with Gasteiger partial charge in [0.1, 0.15) is 0 Å². The zero-order valence-corrected chi connectivity index (χ0v) is 9.76. The molecule has 0 radical (unpaired) electrons. The van der Waals surface area contributed by atoms with Gasteiger partial charge in [-0.05, 0) is 31.6 Å². The van der Waals surface area contributed by atoms with Gasteiger partial charge in [-0.15, -0.1) is 0 Å². The second kappa shape index (κ2) is 4.75. The van der Waals surface area contributed by atoms with E-state index in [0.29, 0.717) is 6.04 Å². The highest BCUT2D eigenvalue weighted by Gasteiger charge is 2.23. The van der Waals surface area contributed by atoms with Crippen LogP contribution >= 0.6 is 11.8 Å². The van der Waals surface area contributed by atoms with Crippen molar-refractivity contribution < 1.29 is 0 Å². The molecule has 0 aliphatic heterocycles. The van der Waals surface area contributed by atoms with Crippen molar-refractivity contribution in [3.8, 4) is 0 Å². The third-order valence-corrected chi connectivity index (χ3v) is 3.94. The van der Waals surface area contributed by atoms with Crippen LogP contribution in [0.4, 0.5) is 11.4 Å². The standard InChI is InChI=1S/C11H17N3S/c1-15-11-3-2-9(5-11)14-10-4-8(12)6-13-7-10/h4,6-7,9,11,14H,2-3,5,12H2,1H3. The number of anilines is 2.